The molecule has 0 aromatic carbocycles. The van der Waals surface area contributed by atoms with Crippen molar-refractivity contribution in [3.63, 3.8) is 0 Å². The van der Waals surface area contributed by atoms with Crippen LogP contribution in [0.3, 0.4) is 0 Å². The van der Waals surface area contributed by atoms with Gasteiger partial charge in [-0.25, -0.2) is 14.8 Å². The molecule has 7 nitrogen and oxygen atoms in total. The molecule has 0 radical (unpaired) electrons. The Morgan fingerprint density at radius 1 is 1.32 bits per heavy atom. The van der Waals surface area contributed by atoms with Crippen molar-refractivity contribution in [2.24, 2.45) is 5.92 Å². The van der Waals surface area contributed by atoms with Gasteiger partial charge in [0.2, 0.25) is 5.91 Å². The quantitative estimate of drug-likeness (QED) is 0.699. The predicted octanol–water partition coefficient (Wildman–Crippen LogP) is 2.37. The van der Waals surface area contributed by atoms with Gasteiger partial charge < -0.3 is 15.4 Å². The number of carbonyl (C=O) groups is 2. The number of methoxy groups -OCH3 is 1. The maximum Gasteiger partial charge on any atom is 0.328 e. The van der Waals surface area contributed by atoms with E-state index >= 15 is 0 Å². The second-order valence-corrected chi connectivity index (χ2v) is 7.25. The topological polar surface area (TPSA) is 93.2 Å². The van der Waals surface area contributed by atoms with Crippen molar-refractivity contribution < 1.29 is 14.3 Å². The van der Waals surface area contributed by atoms with Gasteiger partial charge in [-0.1, -0.05) is 20.8 Å². The number of amides is 1. The molecular weight excluding hydrogens is 340 g/mol. The molecule has 2 heterocycles. The molecule has 0 aliphatic rings. The van der Waals surface area contributed by atoms with Gasteiger partial charge in [0, 0.05) is 4.88 Å². The third-order valence-corrected chi connectivity index (χ3v) is 4.86. The predicted molar refractivity (Wildman–Crippen MR) is 98.7 cm³/mol. The monoisotopic (exact) mass is 364 g/mol. The normalized spacial score (nSPS) is 12.2. The molecule has 2 aromatic heterocycles. The van der Waals surface area contributed by atoms with E-state index in [0.29, 0.717) is 12.2 Å². The van der Waals surface area contributed by atoms with Crippen molar-refractivity contribution in [1.29, 1.82) is 0 Å². The smallest absolute Gasteiger partial charge is 0.328 e. The van der Waals surface area contributed by atoms with Gasteiger partial charge in [0.1, 0.15) is 23.0 Å². The summed E-state index contributed by atoms with van der Waals surface area (Å²) in [6.07, 6.45) is 2.94. The minimum absolute atomic E-state index is 0.0228. The minimum Gasteiger partial charge on any atom is -0.467 e. The number of nitrogens with one attached hydrogen (secondary N) is 2. The third kappa shape index (κ3) is 5.12. The fourth-order valence-electron chi connectivity index (χ4n) is 2.46. The van der Waals surface area contributed by atoms with Crippen LogP contribution in [-0.2, 0) is 20.7 Å². The van der Waals surface area contributed by atoms with Crippen molar-refractivity contribution in [2.45, 2.75) is 39.7 Å². The lowest BCUT2D eigenvalue weighted by Gasteiger charge is -2.18. The van der Waals surface area contributed by atoms with Crippen LogP contribution in [0, 0.1) is 5.92 Å². The van der Waals surface area contributed by atoms with Gasteiger partial charge >= 0.3 is 5.97 Å². The lowest BCUT2D eigenvalue weighted by Crippen LogP contribution is -2.44. The molecular formula is C17H24N4O3S. The largest absolute Gasteiger partial charge is 0.467 e. The molecule has 0 fully saturated rings. The van der Waals surface area contributed by atoms with Crippen LogP contribution in [0.5, 0.6) is 0 Å². The Hall–Kier alpha value is -2.22. The molecule has 1 amide bonds. The van der Waals surface area contributed by atoms with Crippen molar-refractivity contribution in [3.05, 3.63) is 17.3 Å². The number of ether oxygens (including phenoxy) is 1. The number of thiophene rings is 1. The molecule has 2 rings (SSSR count). The SMILES string of the molecule is CCc1cc2c(NCC(=O)N[C@@H](CC(C)C)C(=O)OC)ncnc2s1. The fourth-order valence-corrected chi connectivity index (χ4v) is 3.39. The van der Waals surface area contributed by atoms with E-state index in [1.54, 1.807) is 11.3 Å². The van der Waals surface area contributed by atoms with Crippen molar-refractivity contribution in [3.8, 4) is 0 Å². The summed E-state index contributed by atoms with van der Waals surface area (Å²) in [6.45, 7) is 6.08. The number of nitrogens with zero attached hydrogens (tertiary/aromatic N) is 2. The highest BCUT2D eigenvalue weighted by Gasteiger charge is 2.22. The third-order valence-electron chi connectivity index (χ3n) is 3.67. The van der Waals surface area contributed by atoms with E-state index in [1.807, 2.05) is 19.9 Å². The fraction of sp³-hybridized carbons (Fsp3) is 0.529. The van der Waals surface area contributed by atoms with E-state index in [1.165, 1.54) is 18.3 Å². The van der Waals surface area contributed by atoms with Gasteiger partial charge in [-0.15, -0.1) is 11.3 Å². The molecule has 0 aliphatic carbocycles. The Kier molecular flexibility index (Phi) is 6.69. The number of aryl methyl sites for hydroxylation is 1. The second-order valence-electron chi connectivity index (χ2n) is 6.13. The van der Waals surface area contributed by atoms with Gasteiger partial charge in [0.05, 0.1) is 19.0 Å². The van der Waals surface area contributed by atoms with Crippen LogP contribution in [0.25, 0.3) is 10.2 Å². The molecule has 0 bridgehead atoms. The summed E-state index contributed by atoms with van der Waals surface area (Å²) in [7, 11) is 1.32. The number of hydrogen-bond donors (Lipinski definition) is 2. The standard InChI is InChI=1S/C17H24N4O3S/c1-5-11-7-12-15(19-9-20-16(12)25-11)18-8-14(22)21-13(6-10(2)3)17(23)24-4/h7,9-10,13H,5-6,8H2,1-4H3,(H,21,22)(H,18,19,20)/t13-/m0/s1. The van der Waals surface area contributed by atoms with Gasteiger partial charge in [-0.3, -0.25) is 4.79 Å². The molecule has 1 atom stereocenters. The van der Waals surface area contributed by atoms with Gasteiger partial charge in [0.25, 0.3) is 0 Å². The molecule has 0 aliphatic heterocycles. The van der Waals surface area contributed by atoms with Crippen molar-refractivity contribution >= 4 is 39.2 Å². The first-order valence-corrected chi connectivity index (χ1v) is 9.10. The lowest BCUT2D eigenvalue weighted by molar-refractivity contribution is -0.145. The number of hydrogen-bond acceptors (Lipinski definition) is 7. The Bertz CT molecular complexity index is 745. The van der Waals surface area contributed by atoms with Crippen LogP contribution in [0.4, 0.5) is 5.82 Å². The van der Waals surface area contributed by atoms with Gasteiger partial charge in [0.15, 0.2) is 0 Å². The lowest BCUT2D eigenvalue weighted by atomic mass is 10.0. The van der Waals surface area contributed by atoms with Crippen molar-refractivity contribution in [1.82, 2.24) is 15.3 Å². The van der Waals surface area contributed by atoms with Crippen LogP contribution in [-0.4, -0.2) is 41.5 Å². The first kappa shape index (κ1) is 19.1. The van der Waals surface area contributed by atoms with E-state index in [-0.39, 0.29) is 18.4 Å². The number of fused-ring (bicyclic) bond motifs is 1. The van der Waals surface area contributed by atoms with Crippen molar-refractivity contribution in [2.75, 3.05) is 19.0 Å². The molecule has 136 valence electrons. The number of esters is 1. The molecule has 0 unspecified atom stereocenters. The highest BCUT2D eigenvalue weighted by molar-refractivity contribution is 7.18. The van der Waals surface area contributed by atoms with Crippen LogP contribution < -0.4 is 10.6 Å². The molecule has 8 heteroatoms. The molecule has 0 saturated heterocycles. The zero-order valence-corrected chi connectivity index (χ0v) is 15.8. The van der Waals surface area contributed by atoms with E-state index in [2.05, 4.69) is 27.5 Å². The molecule has 0 spiro atoms. The number of rotatable bonds is 8. The van der Waals surface area contributed by atoms with Crippen LogP contribution >= 0.6 is 11.3 Å². The Morgan fingerprint density at radius 3 is 2.72 bits per heavy atom. The second kappa shape index (κ2) is 8.75. The maximum atomic E-state index is 12.2. The summed E-state index contributed by atoms with van der Waals surface area (Å²) >= 11 is 1.62. The summed E-state index contributed by atoms with van der Waals surface area (Å²) in [5, 5.41) is 6.66. The first-order chi connectivity index (χ1) is 11.9. The molecule has 0 saturated carbocycles. The Labute approximate surface area is 151 Å². The zero-order chi connectivity index (χ0) is 18.4. The summed E-state index contributed by atoms with van der Waals surface area (Å²) < 4.78 is 4.76. The van der Waals surface area contributed by atoms with Crippen LogP contribution in [0.1, 0.15) is 32.1 Å². The van der Waals surface area contributed by atoms with Gasteiger partial charge in [-0.2, -0.15) is 0 Å². The molecule has 2 aromatic rings. The van der Waals surface area contributed by atoms with E-state index in [4.69, 9.17) is 4.74 Å². The summed E-state index contributed by atoms with van der Waals surface area (Å²) in [4.78, 5) is 34.6. The average molecular weight is 364 g/mol. The zero-order valence-electron chi connectivity index (χ0n) is 15.0. The summed E-state index contributed by atoms with van der Waals surface area (Å²) in [5.41, 5.74) is 0. The summed E-state index contributed by atoms with van der Waals surface area (Å²) in [6, 6.07) is 1.40. The average Bonchev–Trinajstić information content (AvgIpc) is 3.02. The minimum atomic E-state index is -0.641. The maximum absolute atomic E-state index is 12.2. The van der Waals surface area contributed by atoms with E-state index in [0.717, 1.165) is 16.6 Å². The van der Waals surface area contributed by atoms with E-state index in [9.17, 15) is 9.59 Å². The number of aromatic nitrogens is 2. The van der Waals surface area contributed by atoms with Crippen LogP contribution in [0.2, 0.25) is 0 Å². The molecule has 2 N–H and O–H groups in total. The highest BCUT2D eigenvalue weighted by Crippen LogP contribution is 2.28. The highest BCUT2D eigenvalue weighted by atomic mass is 32.1. The molecule has 25 heavy (non-hydrogen) atoms. The van der Waals surface area contributed by atoms with E-state index < -0.39 is 12.0 Å². The van der Waals surface area contributed by atoms with Gasteiger partial charge in [-0.05, 0) is 24.8 Å². The Balaban J connectivity index is 2.01. The summed E-state index contributed by atoms with van der Waals surface area (Å²) in [5.74, 6) is 0.164. The number of carbonyl (C=O) groups excluding carboxylic acids is 2. The Morgan fingerprint density at radius 2 is 2.08 bits per heavy atom. The number of anilines is 1. The first-order valence-electron chi connectivity index (χ1n) is 8.29. The van der Waals surface area contributed by atoms with Crippen LogP contribution in [0.15, 0.2) is 12.4 Å².